The van der Waals surface area contributed by atoms with Crippen LogP contribution >= 0.6 is 0 Å². The number of hydrogen-bond donors (Lipinski definition) is 0. The first-order chi connectivity index (χ1) is 18.0. The molecule has 5 rings (SSSR count). The third-order valence-corrected chi connectivity index (χ3v) is 5.54. The fraction of sp³-hybridized carbons (Fsp3) is 0.333. The van der Waals surface area contributed by atoms with Gasteiger partial charge in [0.25, 0.3) is 0 Å². The molecule has 0 amide bonds. The number of halogens is 6. The Hall–Kier alpha value is -4.44. The maximum absolute atomic E-state index is 15.0. The Morgan fingerprint density at radius 2 is 1.84 bits per heavy atom. The Bertz CT molecular complexity index is 1500. The smallest absolute Gasteiger partial charge is 0.451 e. The summed E-state index contributed by atoms with van der Waals surface area (Å²) in [4.78, 5) is 19.4. The van der Waals surface area contributed by atoms with Gasteiger partial charge in [-0.15, -0.1) is 0 Å². The number of aromatic nitrogens is 7. The van der Waals surface area contributed by atoms with Crippen LogP contribution < -0.4 is 19.1 Å². The first kappa shape index (κ1) is 25.2. The first-order valence-electron chi connectivity index (χ1n) is 10.7. The van der Waals surface area contributed by atoms with E-state index in [1.807, 2.05) is 0 Å². The SMILES string of the molecule is COc1ncc(-c2cc(N3C[C@H](Oc4ccnc(C(F)(F)F)n4)C(F)(F)C3)c3ncc(F)n3n2)c(OC)n1. The molecular formula is C21H16F6N8O3. The lowest BCUT2D eigenvalue weighted by atomic mass is 10.2. The van der Waals surface area contributed by atoms with Gasteiger partial charge in [-0.3, -0.25) is 0 Å². The number of hydrogen-bond acceptors (Lipinski definition) is 10. The monoisotopic (exact) mass is 542 g/mol. The lowest BCUT2D eigenvalue weighted by Crippen LogP contribution is -2.36. The van der Waals surface area contributed by atoms with Crippen molar-refractivity contribution in [3.8, 4) is 29.0 Å². The zero-order valence-corrected chi connectivity index (χ0v) is 19.4. The number of fused-ring (bicyclic) bond motifs is 1. The summed E-state index contributed by atoms with van der Waals surface area (Å²) >= 11 is 0. The molecule has 1 atom stereocenters. The number of anilines is 1. The van der Waals surface area contributed by atoms with Gasteiger partial charge in [0, 0.05) is 18.5 Å². The van der Waals surface area contributed by atoms with E-state index in [0.717, 1.165) is 27.9 Å². The second-order valence-electron chi connectivity index (χ2n) is 7.98. The van der Waals surface area contributed by atoms with E-state index in [-0.39, 0.29) is 34.5 Å². The van der Waals surface area contributed by atoms with Gasteiger partial charge in [-0.1, -0.05) is 0 Å². The van der Waals surface area contributed by atoms with Crippen LogP contribution in [0.15, 0.2) is 30.7 Å². The molecule has 5 heterocycles. The van der Waals surface area contributed by atoms with Crippen molar-refractivity contribution in [2.45, 2.75) is 18.2 Å². The predicted octanol–water partition coefficient (Wildman–Crippen LogP) is 3.05. The standard InChI is InChI=1S/C21H16F6N8O3/c1-36-17-10(6-30-19(32-17)37-2)11-5-12(16-29-7-14(22)35(16)33-11)34-8-13(20(23,24)9-34)38-15-3-4-28-18(31-15)21(25,26)27/h3-7,13H,8-9H2,1-2H3/t13-/m0/s1. The van der Waals surface area contributed by atoms with Crippen LogP contribution in [-0.2, 0) is 6.18 Å². The van der Waals surface area contributed by atoms with Crippen LogP contribution in [0.1, 0.15) is 5.82 Å². The van der Waals surface area contributed by atoms with Crippen LogP contribution in [0.2, 0.25) is 0 Å². The summed E-state index contributed by atoms with van der Waals surface area (Å²) in [5.41, 5.74) is 0.213. The Morgan fingerprint density at radius 3 is 2.55 bits per heavy atom. The highest BCUT2D eigenvalue weighted by molar-refractivity contribution is 5.76. The molecule has 0 aliphatic carbocycles. The van der Waals surface area contributed by atoms with Crippen molar-refractivity contribution in [3.63, 3.8) is 0 Å². The molecule has 1 fully saturated rings. The van der Waals surface area contributed by atoms with Gasteiger partial charge in [-0.25, -0.2) is 23.7 Å². The van der Waals surface area contributed by atoms with Crippen LogP contribution in [0.25, 0.3) is 16.9 Å². The lowest BCUT2D eigenvalue weighted by molar-refractivity contribution is -0.145. The molecule has 1 saturated heterocycles. The van der Waals surface area contributed by atoms with Gasteiger partial charge >= 0.3 is 18.1 Å². The largest absolute Gasteiger partial charge is 0.480 e. The molecule has 17 heteroatoms. The zero-order chi connectivity index (χ0) is 27.2. The van der Waals surface area contributed by atoms with Crippen LogP contribution in [0, 0.1) is 5.95 Å². The molecule has 4 aromatic heterocycles. The first-order valence-corrected chi connectivity index (χ1v) is 10.7. The molecule has 0 unspecified atom stereocenters. The normalized spacial score (nSPS) is 17.2. The molecule has 0 saturated carbocycles. The fourth-order valence-corrected chi connectivity index (χ4v) is 3.82. The average Bonchev–Trinajstić information content (AvgIpc) is 3.41. The zero-order valence-electron chi connectivity index (χ0n) is 19.4. The number of ether oxygens (including phenoxy) is 3. The molecule has 0 aromatic carbocycles. The van der Waals surface area contributed by atoms with E-state index >= 15 is 0 Å². The molecule has 0 bridgehead atoms. The van der Waals surface area contributed by atoms with Crippen molar-refractivity contribution in [3.05, 3.63) is 42.5 Å². The number of imidazole rings is 1. The van der Waals surface area contributed by atoms with Gasteiger partial charge in [-0.2, -0.15) is 37.1 Å². The molecule has 38 heavy (non-hydrogen) atoms. The topological polar surface area (TPSA) is 113 Å². The minimum Gasteiger partial charge on any atom is -0.480 e. The van der Waals surface area contributed by atoms with E-state index in [0.29, 0.717) is 0 Å². The lowest BCUT2D eigenvalue weighted by Gasteiger charge is -2.19. The van der Waals surface area contributed by atoms with Crippen LogP contribution in [-0.4, -0.2) is 73.9 Å². The molecule has 200 valence electrons. The van der Waals surface area contributed by atoms with Gasteiger partial charge in [0.1, 0.15) is 5.69 Å². The molecule has 1 aliphatic rings. The van der Waals surface area contributed by atoms with Crippen molar-refractivity contribution in [2.75, 3.05) is 32.2 Å². The van der Waals surface area contributed by atoms with Gasteiger partial charge in [0.2, 0.25) is 23.5 Å². The van der Waals surface area contributed by atoms with E-state index in [4.69, 9.17) is 14.2 Å². The van der Waals surface area contributed by atoms with Crippen LogP contribution in [0.5, 0.6) is 17.8 Å². The summed E-state index contributed by atoms with van der Waals surface area (Å²) in [7, 11) is 2.66. The molecule has 0 radical (unpaired) electrons. The van der Waals surface area contributed by atoms with E-state index in [2.05, 4.69) is 30.0 Å². The van der Waals surface area contributed by atoms with Gasteiger partial charge < -0.3 is 19.1 Å². The summed E-state index contributed by atoms with van der Waals surface area (Å²) in [6.45, 7) is -1.42. The van der Waals surface area contributed by atoms with Crippen molar-refractivity contribution in [1.82, 2.24) is 34.5 Å². The third-order valence-electron chi connectivity index (χ3n) is 5.54. The maximum atomic E-state index is 15.0. The van der Waals surface area contributed by atoms with E-state index in [9.17, 15) is 26.3 Å². The van der Waals surface area contributed by atoms with Crippen molar-refractivity contribution in [2.24, 2.45) is 0 Å². The van der Waals surface area contributed by atoms with Crippen molar-refractivity contribution < 1.29 is 40.6 Å². The summed E-state index contributed by atoms with van der Waals surface area (Å²) in [6.07, 6.45) is -3.87. The number of methoxy groups -OCH3 is 2. The van der Waals surface area contributed by atoms with Gasteiger partial charge in [0.05, 0.1) is 44.8 Å². The van der Waals surface area contributed by atoms with Crippen LogP contribution in [0.4, 0.5) is 32.0 Å². The molecule has 4 aromatic rings. The minimum absolute atomic E-state index is 0.0155. The summed E-state index contributed by atoms with van der Waals surface area (Å²) in [6, 6.07) is 2.29. The number of rotatable bonds is 6. The van der Waals surface area contributed by atoms with E-state index in [1.165, 1.54) is 26.5 Å². The Balaban J connectivity index is 1.52. The minimum atomic E-state index is -4.89. The number of nitrogens with zero attached hydrogens (tertiary/aromatic N) is 8. The third kappa shape index (κ3) is 4.54. The molecule has 0 spiro atoms. The Morgan fingerprint density at radius 1 is 1.05 bits per heavy atom. The predicted molar refractivity (Wildman–Crippen MR) is 116 cm³/mol. The second kappa shape index (κ2) is 9.14. The molecule has 0 N–H and O–H groups in total. The Labute approximate surface area is 209 Å². The quantitative estimate of drug-likeness (QED) is 0.337. The van der Waals surface area contributed by atoms with Crippen molar-refractivity contribution >= 4 is 11.3 Å². The molecule has 1 aliphatic heterocycles. The van der Waals surface area contributed by atoms with Crippen molar-refractivity contribution in [1.29, 1.82) is 0 Å². The second-order valence-corrected chi connectivity index (χ2v) is 7.98. The van der Waals surface area contributed by atoms with E-state index in [1.54, 1.807) is 0 Å². The summed E-state index contributed by atoms with van der Waals surface area (Å²) in [5, 5.41) is 4.17. The fourth-order valence-electron chi connectivity index (χ4n) is 3.82. The molecule has 11 nitrogen and oxygen atoms in total. The molecular weight excluding hydrogens is 526 g/mol. The van der Waals surface area contributed by atoms with Gasteiger partial charge in [0.15, 0.2) is 11.8 Å². The Kier molecular flexibility index (Phi) is 6.07. The summed E-state index contributed by atoms with van der Waals surface area (Å²) < 4.78 is 99.5. The van der Waals surface area contributed by atoms with Gasteiger partial charge in [-0.05, 0) is 6.07 Å². The maximum Gasteiger partial charge on any atom is 0.451 e. The van der Waals surface area contributed by atoms with E-state index < -0.39 is 48.9 Å². The van der Waals surface area contributed by atoms with Crippen LogP contribution in [0.3, 0.4) is 0 Å². The highest BCUT2D eigenvalue weighted by Crippen LogP contribution is 2.38. The highest BCUT2D eigenvalue weighted by Gasteiger charge is 2.51. The average molecular weight is 542 g/mol. The number of alkyl halides is 5. The highest BCUT2D eigenvalue weighted by atomic mass is 19.4. The summed E-state index contributed by atoms with van der Waals surface area (Å²) in [5.74, 6) is -6.60.